The van der Waals surface area contributed by atoms with E-state index in [0.29, 0.717) is 11.8 Å². The molecule has 1 N–H and O–H groups in total. The standard InChI is InChI=1S/C16H27NO2/c1-13(2)9-10-18-16-7-5-15(6-8-16)11-17-19-12-14(3)4/h5-8,13-14,17H,9-12H2,1-4H3. The Hall–Kier alpha value is -1.06. The smallest absolute Gasteiger partial charge is 0.119 e. The molecular formula is C16H27NO2. The highest BCUT2D eigenvalue weighted by Gasteiger charge is 1.98. The average Bonchev–Trinajstić information content (AvgIpc) is 2.36. The maximum absolute atomic E-state index is 5.68. The van der Waals surface area contributed by atoms with E-state index in [1.165, 1.54) is 5.56 Å². The molecule has 0 aliphatic carbocycles. The summed E-state index contributed by atoms with van der Waals surface area (Å²) in [5.74, 6) is 2.17. The molecule has 3 heteroatoms. The molecule has 1 aromatic rings. The van der Waals surface area contributed by atoms with Crippen molar-refractivity contribution < 1.29 is 9.57 Å². The third-order valence-corrected chi connectivity index (χ3v) is 2.68. The molecule has 1 aromatic carbocycles. The molecule has 0 aromatic heterocycles. The van der Waals surface area contributed by atoms with Gasteiger partial charge in [-0.2, -0.15) is 5.48 Å². The second-order valence-corrected chi connectivity index (χ2v) is 5.70. The van der Waals surface area contributed by atoms with E-state index in [4.69, 9.17) is 9.57 Å². The van der Waals surface area contributed by atoms with Gasteiger partial charge in [0.1, 0.15) is 5.75 Å². The monoisotopic (exact) mass is 265 g/mol. The second kappa shape index (κ2) is 8.94. The van der Waals surface area contributed by atoms with Crippen molar-refractivity contribution in [2.24, 2.45) is 11.8 Å². The zero-order valence-electron chi connectivity index (χ0n) is 12.6. The van der Waals surface area contributed by atoms with Crippen molar-refractivity contribution >= 4 is 0 Å². The minimum absolute atomic E-state index is 0.546. The summed E-state index contributed by atoms with van der Waals surface area (Å²) in [7, 11) is 0. The third kappa shape index (κ3) is 7.85. The van der Waals surface area contributed by atoms with Crippen LogP contribution >= 0.6 is 0 Å². The van der Waals surface area contributed by atoms with Gasteiger partial charge in [0.2, 0.25) is 0 Å². The number of hydrogen-bond acceptors (Lipinski definition) is 3. The van der Waals surface area contributed by atoms with Gasteiger partial charge in [-0.3, -0.25) is 0 Å². The highest BCUT2D eigenvalue weighted by molar-refractivity contribution is 5.27. The van der Waals surface area contributed by atoms with E-state index in [2.05, 4.69) is 45.3 Å². The van der Waals surface area contributed by atoms with Gasteiger partial charge in [0.05, 0.1) is 13.2 Å². The third-order valence-electron chi connectivity index (χ3n) is 2.68. The van der Waals surface area contributed by atoms with E-state index in [1.807, 2.05) is 12.1 Å². The van der Waals surface area contributed by atoms with Crippen molar-refractivity contribution in [3.63, 3.8) is 0 Å². The van der Waals surface area contributed by atoms with Crippen LogP contribution in [-0.4, -0.2) is 13.2 Å². The number of hydroxylamine groups is 1. The normalized spacial score (nSPS) is 11.3. The van der Waals surface area contributed by atoms with Gasteiger partial charge in [-0.15, -0.1) is 0 Å². The lowest BCUT2D eigenvalue weighted by atomic mass is 10.1. The van der Waals surface area contributed by atoms with E-state index in [9.17, 15) is 0 Å². The summed E-state index contributed by atoms with van der Waals surface area (Å²) in [6, 6.07) is 8.16. The SMILES string of the molecule is CC(C)CCOc1ccc(CNOCC(C)C)cc1. The Labute approximate surface area is 117 Å². The lowest BCUT2D eigenvalue weighted by molar-refractivity contribution is 0.0196. The van der Waals surface area contributed by atoms with Crippen LogP contribution in [0.1, 0.15) is 39.7 Å². The van der Waals surface area contributed by atoms with Gasteiger partial charge >= 0.3 is 0 Å². The van der Waals surface area contributed by atoms with Crippen molar-refractivity contribution in [2.45, 2.75) is 40.7 Å². The zero-order valence-corrected chi connectivity index (χ0v) is 12.6. The topological polar surface area (TPSA) is 30.5 Å². The Morgan fingerprint density at radius 3 is 2.26 bits per heavy atom. The zero-order chi connectivity index (χ0) is 14.1. The van der Waals surface area contributed by atoms with Gasteiger partial charge in [0.15, 0.2) is 0 Å². The van der Waals surface area contributed by atoms with Gasteiger partial charge < -0.3 is 9.57 Å². The molecular weight excluding hydrogens is 238 g/mol. The summed E-state index contributed by atoms with van der Waals surface area (Å²) in [6.07, 6.45) is 1.09. The van der Waals surface area contributed by atoms with Crippen LogP contribution in [0.25, 0.3) is 0 Å². The molecule has 0 saturated carbocycles. The van der Waals surface area contributed by atoms with Gasteiger partial charge in [-0.05, 0) is 36.0 Å². The number of nitrogens with one attached hydrogen (secondary N) is 1. The predicted octanol–water partition coefficient (Wildman–Crippen LogP) is 3.79. The molecule has 0 bridgehead atoms. The quantitative estimate of drug-likeness (QED) is 0.544. The van der Waals surface area contributed by atoms with E-state index in [0.717, 1.165) is 31.9 Å². The van der Waals surface area contributed by atoms with E-state index < -0.39 is 0 Å². The number of ether oxygens (including phenoxy) is 1. The summed E-state index contributed by atoms with van der Waals surface area (Å²) in [5.41, 5.74) is 4.16. The van der Waals surface area contributed by atoms with Crippen molar-refractivity contribution in [3.05, 3.63) is 29.8 Å². The second-order valence-electron chi connectivity index (χ2n) is 5.70. The summed E-state index contributed by atoms with van der Waals surface area (Å²) >= 11 is 0. The van der Waals surface area contributed by atoms with Gasteiger partial charge in [-0.25, -0.2) is 0 Å². The van der Waals surface area contributed by atoms with Crippen LogP contribution in [0.2, 0.25) is 0 Å². The summed E-state index contributed by atoms with van der Waals surface area (Å²) in [4.78, 5) is 5.34. The van der Waals surface area contributed by atoms with Crippen LogP contribution in [0.3, 0.4) is 0 Å². The molecule has 1 rings (SSSR count). The Balaban J connectivity index is 2.23. The number of hydrogen-bond donors (Lipinski definition) is 1. The maximum atomic E-state index is 5.68. The van der Waals surface area contributed by atoms with Crippen LogP contribution in [0.15, 0.2) is 24.3 Å². The summed E-state index contributed by atoms with van der Waals surface area (Å²) in [5, 5.41) is 0. The van der Waals surface area contributed by atoms with E-state index in [1.54, 1.807) is 0 Å². The summed E-state index contributed by atoms with van der Waals surface area (Å²) in [6.45, 7) is 10.9. The van der Waals surface area contributed by atoms with Crippen LogP contribution in [-0.2, 0) is 11.4 Å². The molecule has 0 atom stereocenters. The fraction of sp³-hybridized carbons (Fsp3) is 0.625. The molecule has 0 radical (unpaired) electrons. The first-order chi connectivity index (χ1) is 9.08. The fourth-order valence-corrected chi connectivity index (χ4v) is 1.48. The minimum atomic E-state index is 0.546. The lowest BCUT2D eigenvalue weighted by Gasteiger charge is -2.10. The van der Waals surface area contributed by atoms with Crippen LogP contribution in [0, 0.1) is 11.8 Å². The van der Waals surface area contributed by atoms with E-state index >= 15 is 0 Å². The molecule has 0 unspecified atom stereocenters. The Kier molecular flexibility index (Phi) is 7.53. The molecule has 0 saturated heterocycles. The van der Waals surface area contributed by atoms with Crippen LogP contribution in [0.5, 0.6) is 5.75 Å². The Bertz CT molecular complexity index is 333. The van der Waals surface area contributed by atoms with Crippen molar-refractivity contribution in [2.75, 3.05) is 13.2 Å². The largest absolute Gasteiger partial charge is 0.494 e. The fourth-order valence-electron chi connectivity index (χ4n) is 1.48. The Morgan fingerprint density at radius 2 is 1.68 bits per heavy atom. The molecule has 108 valence electrons. The highest BCUT2D eigenvalue weighted by Crippen LogP contribution is 2.13. The first kappa shape index (κ1) is 16.0. The molecule has 3 nitrogen and oxygen atoms in total. The van der Waals surface area contributed by atoms with Gasteiger partial charge in [0, 0.05) is 6.54 Å². The average molecular weight is 265 g/mol. The van der Waals surface area contributed by atoms with Crippen molar-refractivity contribution in [3.8, 4) is 5.75 Å². The molecule has 0 aliphatic rings. The molecule has 19 heavy (non-hydrogen) atoms. The van der Waals surface area contributed by atoms with Gasteiger partial charge in [0.25, 0.3) is 0 Å². The number of benzene rings is 1. The van der Waals surface area contributed by atoms with Crippen LogP contribution < -0.4 is 10.2 Å². The molecule has 0 heterocycles. The minimum Gasteiger partial charge on any atom is -0.494 e. The first-order valence-electron chi connectivity index (χ1n) is 7.14. The maximum Gasteiger partial charge on any atom is 0.119 e. The molecule has 0 fully saturated rings. The van der Waals surface area contributed by atoms with Crippen molar-refractivity contribution in [1.29, 1.82) is 0 Å². The molecule has 0 aliphatic heterocycles. The molecule has 0 amide bonds. The van der Waals surface area contributed by atoms with Crippen molar-refractivity contribution in [1.82, 2.24) is 5.48 Å². The predicted molar refractivity (Wildman–Crippen MR) is 79.0 cm³/mol. The Morgan fingerprint density at radius 1 is 1.00 bits per heavy atom. The summed E-state index contributed by atoms with van der Waals surface area (Å²) < 4.78 is 5.68. The first-order valence-corrected chi connectivity index (χ1v) is 7.14. The highest BCUT2D eigenvalue weighted by atomic mass is 16.6. The lowest BCUT2D eigenvalue weighted by Crippen LogP contribution is -2.17. The molecule has 0 spiro atoms. The van der Waals surface area contributed by atoms with E-state index in [-0.39, 0.29) is 0 Å². The number of rotatable bonds is 9. The van der Waals surface area contributed by atoms with Crippen LogP contribution in [0.4, 0.5) is 0 Å². The van der Waals surface area contributed by atoms with Gasteiger partial charge in [-0.1, -0.05) is 39.8 Å².